The number of hydrazone groups is 1. The summed E-state index contributed by atoms with van der Waals surface area (Å²) in [5.74, 6) is 1.02. The Hall–Kier alpha value is -3.75. The Morgan fingerprint density at radius 1 is 1.17 bits per heavy atom. The highest BCUT2D eigenvalue weighted by molar-refractivity contribution is 6.30. The van der Waals surface area contributed by atoms with Crippen LogP contribution in [0.5, 0.6) is 0 Å². The van der Waals surface area contributed by atoms with Gasteiger partial charge in [-0.2, -0.15) is 5.10 Å². The number of rotatable bonds is 7. The zero-order chi connectivity index (χ0) is 24.4. The molecule has 2 aromatic heterocycles. The number of fused-ring (bicyclic) bond motifs is 1. The van der Waals surface area contributed by atoms with Crippen LogP contribution in [0.25, 0.3) is 10.9 Å². The summed E-state index contributed by atoms with van der Waals surface area (Å²) < 4.78 is 5.63. The van der Waals surface area contributed by atoms with Crippen LogP contribution in [0.3, 0.4) is 0 Å². The SMILES string of the molecule is CCN(CC(=O)N1N=C(c2ccc(Cl)cc2)C[C@@H]1c1ccco1)Cc1nc2ccccc2c(=O)[nH]1. The van der Waals surface area contributed by atoms with Crippen molar-refractivity contribution >= 4 is 34.1 Å². The number of halogens is 1. The van der Waals surface area contributed by atoms with E-state index < -0.39 is 0 Å². The number of hydrogen-bond acceptors (Lipinski definition) is 6. The lowest BCUT2D eigenvalue weighted by Crippen LogP contribution is -2.38. The van der Waals surface area contributed by atoms with E-state index in [1.807, 2.05) is 48.2 Å². The number of nitrogens with one attached hydrogen (secondary N) is 1. The lowest BCUT2D eigenvalue weighted by atomic mass is 10.0. The maximum Gasteiger partial charge on any atom is 0.258 e. The number of amides is 1. The summed E-state index contributed by atoms with van der Waals surface area (Å²) in [6.45, 7) is 3.00. The summed E-state index contributed by atoms with van der Waals surface area (Å²) in [6, 6.07) is 17.9. The fourth-order valence-electron chi connectivity index (χ4n) is 4.22. The highest BCUT2D eigenvalue weighted by Crippen LogP contribution is 2.33. The fourth-order valence-corrected chi connectivity index (χ4v) is 4.35. The van der Waals surface area contributed by atoms with E-state index in [1.165, 1.54) is 5.01 Å². The molecular weight excluding hydrogens is 466 g/mol. The number of carbonyl (C=O) groups excluding carboxylic acids is 1. The molecule has 1 aliphatic heterocycles. The molecule has 35 heavy (non-hydrogen) atoms. The van der Waals surface area contributed by atoms with Crippen molar-refractivity contribution in [3.05, 3.63) is 99.5 Å². The van der Waals surface area contributed by atoms with Gasteiger partial charge in [0, 0.05) is 11.4 Å². The molecule has 0 bridgehead atoms. The predicted octanol–water partition coefficient (Wildman–Crippen LogP) is 4.37. The van der Waals surface area contributed by atoms with Gasteiger partial charge in [-0.1, -0.05) is 42.8 Å². The summed E-state index contributed by atoms with van der Waals surface area (Å²) in [7, 11) is 0. The Morgan fingerprint density at radius 2 is 1.97 bits per heavy atom. The quantitative estimate of drug-likeness (QED) is 0.416. The standard InChI is InChI=1S/C26H24ClN5O3/c1-2-31(15-24-28-20-7-4-3-6-19(20)26(34)29-24)16-25(33)32-22(23-8-5-13-35-23)14-21(30-32)17-9-11-18(27)12-10-17/h3-13,22H,2,14-16H2,1H3,(H,28,29,34)/t22-/m1/s1. The first-order chi connectivity index (χ1) is 17.0. The molecule has 178 valence electrons. The monoisotopic (exact) mass is 489 g/mol. The second kappa shape index (κ2) is 9.85. The number of nitrogens with zero attached hydrogens (tertiary/aromatic N) is 4. The van der Waals surface area contributed by atoms with E-state index in [-0.39, 0.29) is 24.1 Å². The molecule has 5 rings (SSSR count). The van der Waals surface area contributed by atoms with Crippen molar-refractivity contribution in [1.82, 2.24) is 19.9 Å². The summed E-state index contributed by atoms with van der Waals surface area (Å²) in [5, 5.41) is 7.35. The maximum atomic E-state index is 13.4. The largest absolute Gasteiger partial charge is 0.467 e. The molecule has 0 saturated heterocycles. The summed E-state index contributed by atoms with van der Waals surface area (Å²) >= 11 is 6.04. The minimum atomic E-state index is -0.333. The Bertz CT molecular complexity index is 1430. The van der Waals surface area contributed by atoms with Crippen LogP contribution in [0.1, 0.15) is 36.5 Å². The smallest absolute Gasteiger partial charge is 0.258 e. The number of furan rings is 1. The van der Waals surface area contributed by atoms with Crippen molar-refractivity contribution in [2.24, 2.45) is 5.10 Å². The van der Waals surface area contributed by atoms with Crippen LogP contribution in [0.15, 0.2) is 81.2 Å². The highest BCUT2D eigenvalue weighted by atomic mass is 35.5. The maximum absolute atomic E-state index is 13.4. The van der Waals surface area contributed by atoms with Crippen LogP contribution >= 0.6 is 11.6 Å². The molecule has 1 N–H and O–H groups in total. The average Bonchev–Trinajstić information content (AvgIpc) is 3.54. The van der Waals surface area contributed by atoms with E-state index in [2.05, 4.69) is 15.1 Å². The van der Waals surface area contributed by atoms with Gasteiger partial charge in [-0.25, -0.2) is 9.99 Å². The summed E-state index contributed by atoms with van der Waals surface area (Å²) in [5.41, 5.74) is 2.14. The number of benzene rings is 2. The van der Waals surface area contributed by atoms with E-state index in [0.29, 0.717) is 47.0 Å². The normalized spacial score (nSPS) is 15.7. The third-order valence-corrected chi connectivity index (χ3v) is 6.31. The van der Waals surface area contributed by atoms with E-state index in [4.69, 9.17) is 16.0 Å². The Labute approximate surface area is 206 Å². The van der Waals surface area contributed by atoms with Gasteiger partial charge in [0.05, 0.1) is 36.0 Å². The molecule has 4 aromatic rings. The molecule has 8 nitrogen and oxygen atoms in total. The molecule has 0 fully saturated rings. The van der Waals surface area contributed by atoms with Crippen molar-refractivity contribution in [3.63, 3.8) is 0 Å². The first-order valence-electron chi connectivity index (χ1n) is 11.4. The Balaban J connectivity index is 1.37. The topological polar surface area (TPSA) is 94.8 Å². The lowest BCUT2D eigenvalue weighted by molar-refractivity contribution is -0.134. The van der Waals surface area contributed by atoms with Gasteiger partial charge >= 0.3 is 0 Å². The van der Waals surface area contributed by atoms with Crippen molar-refractivity contribution < 1.29 is 9.21 Å². The average molecular weight is 490 g/mol. The van der Waals surface area contributed by atoms with E-state index >= 15 is 0 Å². The fraction of sp³-hybridized carbons (Fsp3) is 0.231. The van der Waals surface area contributed by atoms with Gasteiger partial charge in [0.15, 0.2) is 0 Å². The van der Waals surface area contributed by atoms with Gasteiger partial charge in [-0.15, -0.1) is 0 Å². The third kappa shape index (κ3) is 4.89. The van der Waals surface area contributed by atoms with Crippen molar-refractivity contribution in [2.45, 2.75) is 25.9 Å². The van der Waals surface area contributed by atoms with Gasteiger partial charge in [0.2, 0.25) is 0 Å². The van der Waals surface area contributed by atoms with Gasteiger partial charge in [0.25, 0.3) is 11.5 Å². The van der Waals surface area contributed by atoms with Gasteiger partial charge < -0.3 is 9.40 Å². The van der Waals surface area contributed by atoms with Crippen LogP contribution in [0, 0.1) is 0 Å². The molecule has 3 heterocycles. The second-order valence-electron chi connectivity index (χ2n) is 8.36. The summed E-state index contributed by atoms with van der Waals surface area (Å²) in [6.07, 6.45) is 2.13. The molecule has 2 aromatic carbocycles. The lowest BCUT2D eigenvalue weighted by Gasteiger charge is -2.24. The van der Waals surface area contributed by atoms with E-state index in [1.54, 1.807) is 30.5 Å². The first kappa shape index (κ1) is 23.0. The van der Waals surface area contributed by atoms with E-state index in [9.17, 15) is 9.59 Å². The number of para-hydroxylation sites is 1. The minimum Gasteiger partial charge on any atom is -0.467 e. The van der Waals surface area contributed by atoms with Gasteiger partial charge in [-0.05, 0) is 48.5 Å². The minimum absolute atomic E-state index is 0.113. The molecule has 1 amide bonds. The Kier molecular flexibility index (Phi) is 6.48. The number of likely N-dealkylation sites (N-methyl/N-ethyl adjacent to an activating group) is 1. The molecular formula is C26H24ClN5O3. The van der Waals surface area contributed by atoms with Crippen molar-refractivity contribution in [1.29, 1.82) is 0 Å². The predicted molar refractivity (Wildman–Crippen MR) is 134 cm³/mol. The number of aromatic amines is 1. The first-order valence-corrected chi connectivity index (χ1v) is 11.8. The number of H-pyrrole nitrogens is 1. The van der Waals surface area contributed by atoms with Gasteiger partial charge in [-0.3, -0.25) is 14.5 Å². The third-order valence-electron chi connectivity index (χ3n) is 6.06. The van der Waals surface area contributed by atoms with Crippen LogP contribution < -0.4 is 5.56 Å². The number of aromatic nitrogens is 2. The van der Waals surface area contributed by atoms with Crippen LogP contribution in [-0.2, 0) is 11.3 Å². The molecule has 1 atom stereocenters. The molecule has 9 heteroatoms. The molecule has 0 unspecified atom stereocenters. The van der Waals surface area contributed by atoms with Crippen molar-refractivity contribution in [3.8, 4) is 0 Å². The molecule has 1 aliphatic rings. The molecule has 0 spiro atoms. The van der Waals surface area contributed by atoms with Gasteiger partial charge in [0.1, 0.15) is 17.6 Å². The molecule has 0 saturated carbocycles. The van der Waals surface area contributed by atoms with Crippen LogP contribution in [0.2, 0.25) is 5.02 Å². The number of carbonyl (C=O) groups is 1. The number of hydrogen-bond donors (Lipinski definition) is 1. The van der Waals surface area contributed by atoms with Crippen molar-refractivity contribution in [2.75, 3.05) is 13.1 Å². The molecule has 0 radical (unpaired) electrons. The molecule has 0 aliphatic carbocycles. The van der Waals surface area contributed by atoms with E-state index in [0.717, 1.165) is 11.3 Å². The zero-order valence-corrected chi connectivity index (χ0v) is 19.9. The summed E-state index contributed by atoms with van der Waals surface area (Å²) in [4.78, 5) is 35.2. The zero-order valence-electron chi connectivity index (χ0n) is 19.1. The van der Waals surface area contributed by atoms with Crippen LogP contribution in [0.4, 0.5) is 0 Å². The second-order valence-corrected chi connectivity index (χ2v) is 8.80. The highest BCUT2D eigenvalue weighted by Gasteiger charge is 2.35. The van der Waals surface area contributed by atoms with Crippen LogP contribution in [-0.4, -0.2) is 44.6 Å². The Morgan fingerprint density at radius 3 is 2.71 bits per heavy atom.